The van der Waals surface area contributed by atoms with Crippen LogP contribution in [0.2, 0.25) is 4.34 Å². The summed E-state index contributed by atoms with van der Waals surface area (Å²) in [5.41, 5.74) is 9.90. The molecule has 0 saturated carbocycles. The number of nitrogens with zero attached hydrogens (tertiary/aromatic N) is 5. The summed E-state index contributed by atoms with van der Waals surface area (Å²) in [5.74, 6) is 0.329. The SMILES string of the molecule is Nc1ncnn2c(-c3ccncc3)cc(N3CCC[C@@H](NC(=O)c4ccc(Cl)s4)C3)c12. The fourth-order valence-corrected chi connectivity index (χ4v) is 4.97. The number of hydrogen-bond donors (Lipinski definition) is 2. The van der Waals surface area contributed by atoms with Gasteiger partial charge in [-0.25, -0.2) is 9.50 Å². The summed E-state index contributed by atoms with van der Waals surface area (Å²) in [6.45, 7) is 1.54. The fraction of sp³-hybridized carbons (Fsp3) is 0.238. The molecule has 0 radical (unpaired) electrons. The van der Waals surface area contributed by atoms with Crippen LogP contribution in [0.1, 0.15) is 22.5 Å². The number of nitrogens with one attached hydrogen (secondary N) is 1. The molecule has 31 heavy (non-hydrogen) atoms. The molecule has 1 aliphatic heterocycles. The molecule has 5 heterocycles. The second kappa shape index (κ2) is 8.16. The predicted molar refractivity (Wildman–Crippen MR) is 123 cm³/mol. The summed E-state index contributed by atoms with van der Waals surface area (Å²) in [4.78, 5) is 23.8. The first-order valence-corrected chi connectivity index (χ1v) is 11.1. The molecule has 1 fully saturated rings. The molecule has 0 unspecified atom stereocenters. The van der Waals surface area contributed by atoms with E-state index in [-0.39, 0.29) is 11.9 Å². The molecule has 0 aliphatic carbocycles. The zero-order valence-electron chi connectivity index (χ0n) is 16.5. The topological polar surface area (TPSA) is 101 Å². The zero-order chi connectivity index (χ0) is 21.4. The maximum Gasteiger partial charge on any atom is 0.261 e. The van der Waals surface area contributed by atoms with Crippen LogP contribution in [0, 0.1) is 0 Å². The van der Waals surface area contributed by atoms with E-state index in [0.717, 1.165) is 41.8 Å². The average Bonchev–Trinajstić information content (AvgIpc) is 3.39. The normalized spacial score (nSPS) is 16.5. The highest BCUT2D eigenvalue weighted by atomic mass is 35.5. The summed E-state index contributed by atoms with van der Waals surface area (Å²) in [6, 6.07) is 9.48. The van der Waals surface area contributed by atoms with Gasteiger partial charge in [-0.2, -0.15) is 5.10 Å². The summed E-state index contributed by atoms with van der Waals surface area (Å²) in [6.07, 6.45) is 6.83. The van der Waals surface area contributed by atoms with E-state index >= 15 is 0 Å². The second-order valence-electron chi connectivity index (χ2n) is 7.42. The van der Waals surface area contributed by atoms with Crippen LogP contribution < -0.4 is 16.0 Å². The molecule has 1 aliphatic rings. The molecule has 1 saturated heterocycles. The number of pyridine rings is 1. The van der Waals surface area contributed by atoms with E-state index in [9.17, 15) is 4.79 Å². The number of nitrogen functional groups attached to an aromatic ring is 1. The number of thiophene rings is 1. The molecule has 4 aromatic rings. The average molecular weight is 454 g/mol. The van der Waals surface area contributed by atoms with Gasteiger partial charge in [-0.15, -0.1) is 11.3 Å². The Morgan fingerprint density at radius 1 is 1.26 bits per heavy atom. The summed E-state index contributed by atoms with van der Waals surface area (Å²) in [7, 11) is 0. The predicted octanol–water partition coefficient (Wildman–Crippen LogP) is 3.49. The third-order valence-corrected chi connectivity index (χ3v) is 6.66. The number of carbonyl (C=O) groups excluding carboxylic acids is 1. The summed E-state index contributed by atoms with van der Waals surface area (Å²) < 4.78 is 2.43. The van der Waals surface area contributed by atoms with Gasteiger partial charge in [0.1, 0.15) is 11.8 Å². The maximum atomic E-state index is 12.6. The van der Waals surface area contributed by atoms with Crippen LogP contribution >= 0.6 is 22.9 Å². The Kier molecular flexibility index (Phi) is 5.21. The van der Waals surface area contributed by atoms with Crippen LogP contribution in [0.15, 0.2) is 49.1 Å². The van der Waals surface area contributed by atoms with E-state index in [1.807, 2.05) is 16.6 Å². The Morgan fingerprint density at radius 2 is 2.10 bits per heavy atom. The molecule has 1 atom stereocenters. The number of piperidine rings is 1. The number of hydrogen-bond acceptors (Lipinski definition) is 7. The van der Waals surface area contributed by atoms with Gasteiger partial charge in [0.2, 0.25) is 0 Å². The van der Waals surface area contributed by atoms with Gasteiger partial charge in [0.25, 0.3) is 5.91 Å². The van der Waals surface area contributed by atoms with E-state index in [2.05, 4.69) is 31.3 Å². The molecule has 8 nitrogen and oxygen atoms in total. The monoisotopic (exact) mass is 453 g/mol. The third kappa shape index (κ3) is 3.82. The second-order valence-corrected chi connectivity index (χ2v) is 9.13. The molecule has 158 valence electrons. The van der Waals surface area contributed by atoms with E-state index in [1.165, 1.54) is 17.7 Å². The Labute approximate surface area is 187 Å². The molecule has 0 bridgehead atoms. The highest BCUT2D eigenvalue weighted by Gasteiger charge is 2.26. The number of carbonyl (C=O) groups is 1. The lowest BCUT2D eigenvalue weighted by molar-refractivity contribution is 0.0937. The Morgan fingerprint density at radius 3 is 2.87 bits per heavy atom. The van der Waals surface area contributed by atoms with Crippen molar-refractivity contribution in [1.29, 1.82) is 0 Å². The van der Waals surface area contributed by atoms with Crippen molar-refractivity contribution in [1.82, 2.24) is 24.9 Å². The van der Waals surface area contributed by atoms with E-state index in [0.29, 0.717) is 21.6 Å². The minimum absolute atomic E-state index is 0.0207. The van der Waals surface area contributed by atoms with Crippen LogP contribution in [-0.4, -0.2) is 44.6 Å². The number of anilines is 2. The zero-order valence-corrected chi connectivity index (χ0v) is 18.1. The van der Waals surface area contributed by atoms with Gasteiger partial charge >= 0.3 is 0 Å². The van der Waals surface area contributed by atoms with Crippen LogP contribution in [0.25, 0.3) is 16.8 Å². The number of rotatable bonds is 4. The van der Waals surface area contributed by atoms with Crippen molar-refractivity contribution in [3.8, 4) is 11.3 Å². The lowest BCUT2D eigenvalue weighted by Crippen LogP contribution is -2.47. The largest absolute Gasteiger partial charge is 0.382 e. The van der Waals surface area contributed by atoms with Crippen molar-refractivity contribution in [2.75, 3.05) is 23.7 Å². The van der Waals surface area contributed by atoms with Crippen molar-refractivity contribution < 1.29 is 4.79 Å². The lowest BCUT2D eigenvalue weighted by Gasteiger charge is -2.34. The smallest absolute Gasteiger partial charge is 0.261 e. The van der Waals surface area contributed by atoms with Gasteiger partial charge in [0.05, 0.1) is 20.6 Å². The van der Waals surface area contributed by atoms with Gasteiger partial charge < -0.3 is 16.0 Å². The molecule has 10 heteroatoms. The van der Waals surface area contributed by atoms with Crippen molar-refractivity contribution >= 4 is 45.9 Å². The highest BCUT2D eigenvalue weighted by molar-refractivity contribution is 7.18. The first-order valence-electron chi connectivity index (χ1n) is 9.94. The molecule has 0 spiro atoms. The molecule has 5 rings (SSSR count). The Balaban J connectivity index is 1.45. The Bertz CT molecular complexity index is 1240. The number of nitrogens with two attached hydrogens (primary N) is 1. The first-order chi connectivity index (χ1) is 15.1. The minimum Gasteiger partial charge on any atom is -0.382 e. The van der Waals surface area contributed by atoms with E-state index in [1.54, 1.807) is 24.5 Å². The molecule has 1 amide bonds. The Hall–Kier alpha value is -3.17. The van der Waals surface area contributed by atoms with E-state index in [4.69, 9.17) is 17.3 Å². The fourth-order valence-electron chi connectivity index (χ4n) is 4.02. The van der Waals surface area contributed by atoms with Crippen molar-refractivity contribution in [2.24, 2.45) is 0 Å². The van der Waals surface area contributed by atoms with Crippen LogP contribution in [0.4, 0.5) is 11.5 Å². The molecular weight excluding hydrogens is 434 g/mol. The van der Waals surface area contributed by atoms with Gasteiger partial charge in [0.15, 0.2) is 5.82 Å². The molecule has 0 aromatic carbocycles. The van der Waals surface area contributed by atoms with Crippen LogP contribution in [0.3, 0.4) is 0 Å². The molecule has 3 N–H and O–H groups in total. The lowest BCUT2D eigenvalue weighted by atomic mass is 10.0. The summed E-state index contributed by atoms with van der Waals surface area (Å²) in [5, 5.41) is 7.58. The summed E-state index contributed by atoms with van der Waals surface area (Å²) >= 11 is 7.26. The number of fused-ring (bicyclic) bond motifs is 1. The number of halogens is 1. The first kappa shape index (κ1) is 19.8. The maximum absolute atomic E-state index is 12.6. The van der Waals surface area contributed by atoms with E-state index < -0.39 is 0 Å². The standard InChI is InChI=1S/C21H20ClN7OS/c22-18-4-3-17(31-18)21(30)27-14-2-1-9-28(11-14)16-10-15(13-5-7-24-8-6-13)29-19(16)20(23)25-12-26-29/h3-8,10,12,14H,1-2,9,11H2,(H,27,30)(H2,23,25,26)/t14-/m1/s1. The van der Waals surface area contributed by atoms with Crippen molar-refractivity contribution in [3.63, 3.8) is 0 Å². The van der Waals surface area contributed by atoms with Gasteiger partial charge in [-0.1, -0.05) is 11.6 Å². The number of amides is 1. The van der Waals surface area contributed by atoms with Crippen molar-refractivity contribution in [3.05, 3.63) is 58.3 Å². The van der Waals surface area contributed by atoms with Gasteiger partial charge in [0, 0.05) is 37.1 Å². The molecule has 4 aromatic heterocycles. The minimum atomic E-state index is -0.0918. The van der Waals surface area contributed by atoms with Crippen molar-refractivity contribution in [2.45, 2.75) is 18.9 Å². The molecular formula is C21H20ClN7OS. The third-order valence-electron chi connectivity index (χ3n) is 5.43. The van der Waals surface area contributed by atoms with Gasteiger partial charge in [-0.05, 0) is 43.2 Å². The van der Waals surface area contributed by atoms with Gasteiger partial charge in [-0.3, -0.25) is 9.78 Å². The quantitative estimate of drug-likeness (QED) is 0.490. The van der Waals surface area contributed by atoms with Crippen LogP contribution in [-0.2, 0) is 0 Å². The van der Waals surface area contributed by atoms with Crippen LogP contribution in [0.5, 0.6) is 0 Å². The highest BCUT2D eigenvalue weighted by Crippen LogP contribution is 2.35. The number of aromatic nitrogens is 4.